The highest BCUT2D eigenvalue weighted by Crippen LogP contribution is 2.28. The van der Waals surface area contributed by atoms with E-state index in [-0.39, 0.29) is 23.8 Å². The molecule has 0 aliphatic carbocycles. The fourth-order valence-corrected chi connectivity index (χ4v) is 4.32. The summed E-state index contributed by atoms with van der Waals surface area (Å²) >= 11 is 1.46. The molecule has 1 fully saturated rings. The number of hydrogen-bond donors (Lipinski definition) is 1. The van der Waals surface area contributed by atoms with Crippen molar-refractivity contribution in [3.05, 3.63) is 52.2 Å². The van der Waals surface area contributed by atoms with Gasteiger partial charge >= 0.3 is 0 Å². The Balaban J connectivity index is 1.22. The number of carbonyl (C=O) groups excluding carboxylic acids is 2. The second kappa shape index (κ2) is 7.50. The van der Waals surface area contributed by atoms with E-state index in [4.69, 9.17) is 4.74 Å². The normalized spacial score (nSPS) is 19.7. The zero-order chi connectivity index (χ0) is 17.9. The molecular formula is C20H22N2O3S. The number of carbonyl (C=O) groups is 2. The van der Waals surface area contributed by atoms with Crippen LogP contribution in [-0.2, 0) is 11.2 Å². The van der Waals surface area contributed by atoms with E-state index in [1.54, 1.807) is 0 Å². The van der Waals surface area contributed by atoms with Gasteiger partial charge in [0, 0.05) is 25.4 Å². The minimum atomic E-state index is -0.0221. The van der Waals surface area contributed by atoms with Crippen molar-refractivity contribution in [1.82, 2.24) is 10.2 Å². The van der Waals surface area contributed by atoms with Gasteiger partial charge in [-0.3, -0.25) is 9.59 Å². The fraction of sp³-hybridized carbons (Fsp3) is 0.400. The molecule has 2 amide bonds. The summed E-state index contributed by atoms with van der Waals surface area (Å²) in [6, 6.07) is 11.8. The Morgan fingerprint density at radius 3 is 2.69 bits per heavy atom. The molecule has 0 bridgehead atoms. The van der Waals surface area contributed by atoms with Crippen LogP contribution in [0.5, 0.6) is 5.75 Å². The van der Waals surface area contributed by atoms with E-state index < -0.39 is 0 Å². The number of piperidine rings is 1. The molecule has 1 N–H and O–H groups in total. The van der Waals surface area contributed by atoms with Crippen molar-refractivity contribution in [3.63, 3.8) is 0 Å². The Bertz CT molecular complexity index is 757. The third kappa shape index (κ3) is 3.60. The zero-order valence-electron chi connectivity index (χ0n) is 14.5. The molecule has 0 spiro atoms. The van der Waals surface area contributed by atoms with Crippen LogP contribution in [0.15, 0.2) is 41.8 Å². The number of hydrogen-bond acceptors (Lipinski definition) is 4. The van der Waals surface area contributed by atoms with Crippen molar-refractivity contribution in [2.45, 2.75) is 25.4 Å². The second-order valence-corrected chi connectivity index (χ2v) is 7.79. The largest absolute Gasteiger partial charge is 0.488 e. The van der Waals surface area contributed by atoms with Crippen LogP contribution in [0, 0.1) is 5.92 Å². The van der Waals surface area contributed by atoms with Crippen molar-refractivity contribution in [3.8, 4) is 5.75 Å². The van der Waals surface area contributed by atoms with Crippen molar-refractivity contribution in [1.29, 1.82) is 0 Å². The quantitative estimate of drug-likeness (QED) is 0.900. The number of amides is 2. The van der Waals surface area contributed by atoms with Gasteiger partial charge in [0.05, 0.1) is 11.4 Å². The van der Waals surface area contributed by atoms with E-state index in [1.807, 2.05) is 40.6 Å². The van der Waals surface area contributed by atoms with Gasteiger partial charge in [0.2, 0.25) is 5.91 Å². The van der Waals surface area contributed by atoms with E-state index in [9.17, 15) is 9.59 Å². The Morgan fingerprint density at radius 1 is 1.15 bits per heavy atom. The van der Waals surface area contributed by atoms with Gasteiger partial charge in [-0.1, -0.05) is 24.3 Å². The Labute approximate surface area is 157 Å². The molecule has 1 saturated heterocycles. The Kier molecular flexibility index (Phi) is 4.93. The Morgan fingerprint density at radius 2 is 1.96 bits per heavy atom. The lowest BCUT2D eigenvalue weighted by molar-refractivity contribution is -0.126. The van der Waals surface area contributed by atoms with E-state index >= 15 is 0 Å². The number of benzene rings is 1. The van der Waals surface area contributed by atoms with Crippen LogP contribution in [0.3, 0.4) is 0 Å². The number of ether oxygens (including phenoxy) is 1. The molecule has 0 saturated carbocycles. The lowest BCUT2D eigenvalue weighted by atomic mass is 9.95. The first-order chi connectivity index (χ1) is 12.7. The summed E-state index contributed by atoms with van der Waals surface area (Å²) in [5.41, 5.74) is 1.20. The van der Waals surface area contributed by atoms with Crippen LogP contribution >= 0.6 is 11.3 Å². The molecule has 1 aromatic heterocycles. The summed E-state index contributed by atoms with van der Waals surface area (Å²) in [6.07, 6.45) is 2.28. The standard InChI is InChI=1S/C20H22N2O3S/c23-19(21-13-16-12-15-4-1-2-5-17(15)25-16)14-7-9-22(10-8-14)20(24)18-6-3-11-26-18/h1-6,11,14,16H,7-10,12-13H2,(H,21,23). The van der Waals surface area contributed by atoms with E-state index in [0.717, 1.165) is 17.0 Å². The molecule has 136 valence electrons. The molecule has 2 aliphatic heterocycles. The van der Waals surface area contributed by atoms with Gasteiger partial charge in [-0.2, -0.15) is 0 Å². The topological polar surface area (TPSA) is 58.6 Å². The average molecular weight is 370 g/mol. The van der Waals surface area contributed by atoms with Gasteiger partial charge in [0.1, 0.15) is 11.9 Å². The predicted octanol–water partition coefficient (Wildman–Crippen LogP) is 2.72. The lowest BCUT2D eigenvalue weighted by Crippen LogP contribution is -2.44. The first-order valence-corrected chi connectivity index (χ1v) is 9.94. The predicted molar refractivity (Wildman–Crippen MR) is 101 cm³/mol. The number of rotatable bonds is 4. The molecule has 26 heavy (non-hydrogen) atoms. The van der Waals surface area contributed by atoms with Crippen LogP contribution in [0.25, 0.3) is 0 Å². The molecule has 4 rings (SSSR count). The maximum Gasteiger partial charge on any atom is 0.263 e. The van der Waals surface area contributed by atoms with E-state index in [2.05, 4.69) is 11.4 Å². The smallest absolute Gasteiger partial charge is 0.263 e. The molecule has 5 nitrogen and oxygen atoms in total. The van der Waals surface area contributed by atoms with Crippen LogP contribution in [0.2, 0.25) is 0 Å². The van der Waals surface area contributed by atoms with Gasteiger partial charge in [-0.05, 0) is 35.9 Å². The molecule has 2 aromatic rings. The summed E-state index contributed by atoms with van der Waals surface area (Å²) in [5, 5.41) is 4.95. The van der Waals surface area contributed by atoms with Crippen molar-refractivity contribution < 1.29 is 14.3 Å². The van der Waals surface area contributed by atoms with Crippen LogP contribution in [-0.4, -0.2) is 42.5 Å². The number of likely N-dealkylation sites (tertiary alicyclic amines) is 1. The van der Waals surface area contributed by atoms with Crippen LogP contribution < -0.4 is 10.1 Å². The molecule has 0 radical (unpaired) electrons. The number of thiophene rings is 1. The number of nitrogens with zero attached hydrogens (tertiary/aromatic N) is 1. The van der Waals surface area contributed by atoms with Gasteiger partial charge in [0.15, 0.2) is 0 Å². The highest BCUT2D eigenvalue weighted by Gasteiger charge is 2.29. The molecular weight excluding hydrogens is 348 g/mol. The molecule has 1 unspecified atom stereocenters. The molecule has 2 aliphatic rings. The Hall–Kier alpha value is -2.34. The van der Waals surface area contributed by atoms with Crippen molar-refractivity contribution in [2.75, 3.05) is 19.6 Å². The van der Waals surface area contributed by atoms with E-state index in [0.29, 0.717) is 32.5 Å². The van der Waals surface area contributed by atoms with E-state index in [1.165, 1.54) is 16.9 Å². The molecule has 6 heteroatoms. The van der Waals surface area contributed by atoms with Crippen LogP contribution in [0.1, 0.15) is 28.1 Å². The number of fused-ring (bicyclic) bond motifs is 1. The highest BCUT2D eigenvalue weighted by molar-refractivity contribution is 7.12. The minimum Gasteiger partial charge on any atom is -0.488 e. The molecule has 3 heterocycles. The highest BCUT2D eigenvalue weighted by atomic mass is 32.1. The molecule has 1 aromatic carbocycles. The van der Waals surface area contributed by atoms with Crippen molar-refractivity contribution >= 4 is 23.2 Å². The monoisotopic (exact) mass is 370 g/mol. The number of para-hydroxylation sites is 1. The zero-order valence-corrected chi connectivity index (χ0v) is 15.3. The second-order valence-electron chi connectivity index (χ2n) is 6.84. The summed E-state index contributed by atoms with van der Waals surface area (Å²) in [7, 11) is 0. The maximum atomic E-state index is 12.5. The average Bonchev–Trinajstić information content (AvgIpc) is 3.35. The van der Waals surface area contributed by atoms with Gasteiger partial charge in [0.25, 0.3) is 5.91 Å². The summed E-state index contributed by atoms with van der Waals surface area (Å²) in [5.74, 6) is 1.06. The third-order valence-corrected chi connectivity index (χ3v) is 5.96. The van der Waals surface area contributed by atoms with Gasteiger partial charge < -0.3 is 15.0 Å². The van der Waals surface area contributed by atoms with Gasteiger partial charge in [-0.25, -0.2) is 0 Å². The van der Waals surface area contributed by atoms with Crippen LogP contribution in [0.4, 0.5) is 0 Å². The number of nitrogens with one attached hydrogen (secondary N) is 1. The first kappa shape index (κ1) is 17.1. The fourth-order valence-electron chi connectivity index (χ4n) is 3.63. The first-order valence-electron chi connectivity index (χ1n) is 9.06. The van der Waals surface area contributed by atoms with Gasteiger partial charge in [-0.15, -0.1) is 11.3 Å². The summed E-state index contributed by atoms with van der Waals surface area (Å²) in [4.78, 5) is 27.5. The maximum absolute atomic E-state index is 12.5. The minimum absolute atomic E-state index is 0.0110. The summed E-state index contributed by atoms with van der Waals surface area (Å²) in [6.45, 7) is 1.81. The molecule has 1 atom stereocenters. The summed E-state index contributed by atoms with van der Waals surface area (Å²) < 4.78 is 5.87. The third-order valence-electron chi connectivity index (χ3n) is 5.10. The lowest BCUT2D eigenvalue weighted by Gasteiger charge is -2.31. The van der Waals surface area contributed by atoms with Crippen molar-refractivity contribution in [2.24, 2.45) is 5.92 Å². The SMILES string of the molecule is O=C(NCC1Cc2ccccc2O1)C1CCN(C(=O)c2cccs2)CC1.